The Morgan fingerprint density at radius 1 is 0.427 bits per heavy atom. The summed E-state index contributed by atoms with van der Waals surface area (Å²) in [5, 5.41) is 0. The number of esters is 2. The van der Waals surface area contributed by atoms with E-state index in [1.165, 1.54) is 70.6 Å². The van der Waals surface area contributed by atoms with Crippen molar-refractivity contribution in [3.63, 3.8) is 0 Å². The number of unbranched alkanes of at least 4 members (excludes halogenated alkanes) is 19. The third kappa shape index (κ3) is 59.5. The number of carbonyl (C=O) groups excluding carboxylic acids is 2. The van der Waals surface area contributed by atoms with Gasteiger partial charge >= 0.3 is 19.8 Å². The number of ether oxygens (including phenoxy) is 2. The zero-order chi connectivity index (χ0) is 54.9. The van der Waals surface area contributed by atoms with E-state index in [0.29, 0.717) is 17.4 Å². The second kappa shape index (κ2) is 55.2. The van der Waals surface area contributed by atoms with Crippen LogP contribution in [0, 0.1) is 0 Å². The number of allylic oxidation sites excluding steroid dienone is 20. The van der Waals surface area contributed by atoms with Crippen LogP contribution in [0.1, 0.15) is 226 Å². The summed E-state index contributed by atoms with van der Waals surface area (Å²) in [4.78, 5) is 35.7. The number of rotatable bonds is 53. The van der Waals surface area contributed by atoms with E-state index < -0.39 is 26.5 Å². The summed E-state index contributed by atoms with van der Waals surface area (Å²) in [6.45, 7) is 4.28. The Morgan fingerprint density at radius 2 is 0.760 bits per heavy atom. The number of carbonyl (C=O) groups is 2. The Kier molecular flexibility index (Phi) is 52.5. The molecule has 0 saturated heterocycles. The van der Waals surface area contributed by atoms with Crippen LogP contribution in [0.15, 0.2) is 122 Å². The van der Waals surface area contributed by atoms with E-state index in [-0.39, 0.29) is 32.0 Å². The summed E-state index contributed by atoms with van der Waals surface area (Å²) in [5.74, 6) is -0.831. The van der Waals surface area contributed by atoms with Crippen LogP contribution >= 0.6 is 7.82 Å². The smallest absolute Gasteiger partial charge is 0.462 e. The van der Waals surface area contributed by atoms with E-state index in [4.69, 9.17) is 18.5 Å². The molecule has 0 aliphatic heterocycles. The van der Waals surface area contributed by atoms with E-state index >= 15 is 0 Å². The van der Waals surface area contributed by atoms with Crippen LogP contribution in [0.4, 0.5) is 0 Å². The highest BCUT2D eigenvalue weighted by molar-refractivity contribution is 7.47. The first-order valence-electron chi connectivity index (χ1n) is 29.8. The fraction of sp³-hybridized carbons (Fsp3) is 0.662. The van der Waals surface area contributed by atoms with Gasteiger partial charge in [0.1, 0.15) is 19.8 Å². The summed E-state index contributed by atoms with van der Waals surface area (Å²) in [6, 6.07) is 0. The molecule has 0 aromatic rings. The number of quaternary nitrogens is 1. The van der Waals surface area contributed by atoms with E-state index in [0.717, 1.165) is 122 Å². The molecule has 0 heterocycles. The summed E-state index contributed by atoms with van der Waals surface area (Å²) in [6.07, 6.45) is 78.4. The van der Waals surface area contributed by atoms with Crippen molar-refractivity contribution < 1.29 is 42.1 Å². The van der Waals surface area contributed by atoms with Gasteiger partial charge in [0.2, 0.25) is 0 Å². The lowest BCUT2D eigenvalue weighted by Gasteiger charge is -2.24. The minimum absolute atomic E-state index is 0.0207. The number of hydrogen-bond acceptors (Lipinski definition) is 7. The fourth-order valence-corrected chi connectivity index (χ4v) is 8.39. The molecular formula is C65H111NO8P+. The third-order valence-corrected chi connectivity index (χ3v) is 13.2. The highest BCUT2D eigenvalue weighted by Gasteiger charge is 2.27. The molecule has 2 atom stereocenters. The maximum absolute atomic E-state index is 12.8. The number of hydrogen-bond donors (Lipinski definition) is 1. The van der Waals surface area contributed by atoms with Crippen molar-refractivity contribution >= 4 is 19.8 Å². The Morgan fingerprint density at radius 3 is 1.15 bits per heavy atom. The van der Waals surface area contributed by atoms with Crippen LogP contribution < -0.4 is 0 Å². The number of likely N-dealkylation sites (N-methyl/N-ethyl adjacent to an activating group) is 1. The average Bonchev–Trinajstić information content (AvgIpc) is 3.37. The molecule has 75 heavy (non-hydrogen) atoms. The first-order chi connectivity index (χ1) is 36.5. The highest BCUT2D eigenvalue weighted by atomic mass is 31.2. The molecule has 9 nitrogen and oxygen atoms in total. The van der Waals surface area contributed by atoms with Gasteiger partial charge in [0, 0.05) is 12.8 Å². The Labute approximate surface area is 460 Å². The van der Waals surface area contributed by atoms with Gasteiger partial charge in [-0.05, 0) is 109 Å². The average molecular weight is 1070 g/mol. The van der Waals surface area contributed by atoms with E-state index in [1.54, 1.807) is 0 Å². The molecule has 0 bridgehead atoms. The van der Waals surface area contributed by atoms with Gasteiger partial charge in [-0.1, -0.05) is 225 Å². The fourth-order valence-electron chi connectivity index (χ4n) is 7.65. The van der Waals surface area contributed by atoms with Crippen molar-refractivity contribution in [1.29, 1.82) is 0 Å². The summed E-state index contributed by atoms with van der Waals surface area (Å²) < 4.78 is 34.5. The minimum atomic E-state index is -4.40. The first-order valence-corrected chi connectivity index (χ1v) is 31.3. The maximum Gasteiger partial charge on any atom is 0.472 e. The van der Waals surface area contributed by atoms with E-state index in [2.05, 4.69) is 135 Å². The van der Waals surface area contributed by atoms with Gasteiger partial charge in [-0.25, -0.2) is 4.57 Å². The van der Waals surface area contributed by atoms with Crippen LogP contribution in [0.5, 0.6) is 0 Å². The first kappa shape index (κ1) is 71.4. The molecule has 0 aliphatic rings. The summed E-state index contributed by atoms with van der Waals surface area (Å²) in [7, 11) is 1.45. The molecule has 0 saturated carbocycles. The molecule has 428 valence electrons. The highest BCUT2D eigenvalue weighted by Crippen LogP contribution is 2.43. The van der Waals surface area contributed by atoms with Crippen LogP contribution in [0.2, 0.25) is 0 Å². The van der Waals surface area contributed by atoms with Crippen LogP contribution in [0.25, 0.3) is 0 Å². The third-order valence-electron chi connectivity index (χ3n) is 12.2. The van der Waals surface area contributed by atoms with Gasteiger partial charge < -0.3 is 18.9 Å². The Bertz CT molecular complexity index is 1680. The number of nitrogens with zero attached hydrogens (tertiary/aromatic N) is 1. The molecule has 1 N–H and O–H groups in total. The standard InChI is InChI=1S/C65H110NO8P/c1-6-8-10-12-14-16-18-20-22-24-26-27-28-29-30-31-32-33-34-35-36-37-38-39-40-42-44-46-48-50-52-54-56-58-65(68)74-63(62-73-75(69,70)72-60-59-66(3,4)5)61-71-64(67)57-55-53-51-49-47-45-43-41-25-23-21-19-17-15-13-11-9-7-2/h8,10,14,16,20,22-23,25-27,29-30,32-33,35-36,38-39,42,44,63H,6-7,9,11-13,15,17-19,21,24,28,31,34,37,40-41,43,45-62H2,1-5H3/p+1/b10-8-,16-14-,22-20-,25-23-,27-26-,30-29-,33-32-,36-35-,39-38-,44-42-. The molecule has 0 aromatic heterocycles. The molecule has 0 aliphatic carbocycles. The lowest BCUT2D eigenvalue weighted by Crippen LogP contribution is -2.37. The quantitative estimate of drug-likeness (QED) is 0.0211. The predicted octanol–water partition coefficient (Wildman–Crippen LogP) is 18.8. The van der Waals surface area contributed by atoms with Gasteiger partial charge in [-0.15, -0.1) is 0 Å². The minimum Gasteiger partial charge on any atom is -0.462 e. The van der Waals surface area contributed by atoms with Gasteiger partial charge in [-0.2, -0.15) is 0 Å². The predicted molar refractivity (Wildman–Crippen MR) is 321 cm³/mol. The SMILES string of the molecule is CC/C=C\C/C=C\C/C=C\C/C=C\C/C=C\C/C=C\C/C=C\C/C=C\C/C=C\CCCCCCCC(=O)OC(COC(=O)CCCCCCCCC/C=C\CCCCCCCCC)COP(=O)(O)OCC[N+](C)(C)C. The van der Waals surface area contributed by atoms with Gasteiger partial charge in [-0.3, -0.25) is 18.6 Å². The van der Waals surface area contributed by atoms with Crippen molar-refractivity contribution in [3.05, 3.63) is 122 Å². The second-order valence-electron chi connectivity index (χ2n) is 20.6. The largest absolute Gasteiger partial charge is 0.472 e. The Hall–Kier alpha value is -3.59. The van der Waals surface area contributed by atoms with E-state index in [9.17, 15) is 19.0 Å². The molecule has 0 rings (SSSR count). The molecule has 0 amide bonds. The summed E-state index contributed by atoms with van der Waals surface area (Å²) in [5.41, 5.74) is 0. The molecule has 0 fully saturated rings. The number of phosphoric acid groups is 1. The van der Waals surface area contributed by atoms with Crippen LogP contribution in [-0.4, -0.2) is 74.9 Å². The molecule has 0 aromatic carbocycles. The van der Waals surface area contributed by atoms with E-state index in [1.807, 2.05) is 21.1 Å². The van der Waals surface area contributed by atoms with Gasteiger partial charge in [0.05, 0.1) is 27.7 Å². The second-order valence-corrected chi connectivity index (χ2v) is 22.1. The van der Waals surface area contributed by atoms with Crippen molar-refractivity contribution in [3.8, 4) is 0 Å². The normalized spacial score (nSPS) is 14.2. The van der Waals surface area contributed by atoms with Crippen molar-refractivity contribution in [1.82, 2.24) is 0 Å². The lowest BCUT2D eigenvalue weighted by molar-refractivity contribution is -0.870. The number of phosphoric ester groups is 1. The zero-order valence-electron chi connectivity index (χ0n) is 48.5. The van der Waals surface area contributed by atoms with Crippen molar-refractivity contribution in [2.24, 2.45) is 0 Å². The van der Waals surface area contributed by atoms with Crippen LogP contribution in [0.3, 0.4) is 0 Å². The molecule has 10 heteroatoms. The van der Waals surface area contributed by atoms with Gasteiger partial charge in [0.15, 0.2) is 6.10 Å². The molecule has 0 radical (unpaired) electrons. The maximum atomic E-state index is 12.8. The molecular weight excluding hydrogens is 954 g/mol. The lowest BCUT2D eigenvalue weighted by atomic mass is 10.1. The zero-order valence-corrected chi connectivity index (χ0v) is 49.4. The molecule has 0 spiro atoms. The summed E-state index contributed by atoms with van der Waals surface area (Å²) >= 11 is 0. The monoisotopic (exact) mass is 1060 g/mol. The van der Waals surface area contributed by atoms with Crippen LogP contribution in [-0.2, 0) is 32.7 Å². The molecule has 2 unspecified atom stereocenters. The van der Waals surface area contributed by atoms with Crippen molar-refractivity contribution in [2.75, 3.05) is 47.5 Å². The van der Waals surface area contributed by atoms with Crippen molar-refractivity contribution in [2.45, 2.75) is 232 Å². The van der Waals surface area contributed by atoms with Gasteiger partial charge in [0.25, 0.3) is 0 Å². The Balaban J connectivity index is 4.24. The topological polar surface area (TPSA) is 108 Å².